The molecule has 4 nitrogen and oxygen atoms in total. The summed E-state index contributed by atoms with van der Waals surface area (Å²) in [4.78, 5) is 24.9. The molecule has 0 saturated carbocycles. The quantitative estimate of drug-likeness (QED) is 0.247. The minimum atomic E-state index is -0.225. The van der Waals surface area contributed by atoms with E-state index in [0.29, 0.717) is 22.6 Å². The van der Waals surface area contributed by atoms with Crippen molar-refractivity contribution >= 4 is 39.4 Å². The number of carbonyl (C=O) groups is 2. The first kappa shape index (κ1) is 20.6. The van der Waals surface area contributed by atoms with Crippen LogP contribution < -0.4 is 5.32 Å². The molecule has 0 radical (unpaired) electrons. The van der Waals surface area contributed by atoms with Crippen LogP contribution in [-0.2, 0) is 0 Å². The predicted molar refractivity (Wildman–Crippen MR) is 126 cm³/mol. The van der Waals surface area contributed by atoms with Gasteiger partial charge in [-0.3, -0.25) is 9.59 Å². The Hall–Kier alpha value is -3.70. The highest BCUT2D eigenvalue weighted by atomic mass is 79.9. The van der Waals surface area contributed by atoms with Gasteiger partial charge in [0.2, 0.25) is 0 Å². The SMILES string of the molecule is O=C(C=Cc1ccc(-c2ccc(Br)cc2)o1)c1cccc(NC(=O)c2ccccc2)c1. The van der Waals surface area contributed by atoms with E-state index in [1.54, 1.807) is 54.6 Å². The fourth-order valence-electron chi connectivity index (χ4n) is 3.01. The van der Waals surface area contributed by atoms with Crippen molar-refractivity contribution in [1.29, 1.82) is 0 Å². The minimum absolute atomic E-state index is 0.183. The van der Waals surface area contributed by atoms with E-state index in [1.165, 1.54) is 6.08 Å². The van der Waals surface area contributed by atoms with Gasteiger partial charge in [0.15, 0.2) is 5.78 Å². The standard InChI is InChI=1S/C26H18BrNO3/c27-21-11-9-18(10-12-21)25-16-14-23(31-25)13-15-24(29)20-7-4-8-22(17-20)28-26(30)19-5-2-1-3-6-19/h1-17H,(H,28,30). The summed E-state index contributed by atoms with van der Waals surface area (Å²) in [6, 6.07) is 27.3. The Kier molecular flexibility index (Phi) is 6.24. The molecule has 0 fully saturated rings. The molecule has 1 heterocycles. The number of furan rings is 1. The highest BCUT2D eigenvalue weighted by Crippen LogP contribution is 2.24. The first-order valence-electron chi connectivity index (χ1n) is 9.63. The highest BCUT2D eigenvalue weighted by molar-refractivity contribution is 9.10. The van der Waals surface area contributed by atoms with Gasteiger partial charge in [0.25, 0.3) is 5.91 Å². The molecule has 0 unspecified atom stereocenters. The fraction of sp³-hybridized carbons (Fsp3) is 0. The van der Waals surface area contributed by atoms with Gasteiger partial charge in [-0.15, -0.1) is 0 Å². The normalized spacial score (nSPS) is 10.9. The summed E-state index contributed by atoms with van der Waals surface area (Å²) in [5, 5.41) is 2.82. The molecule has 4 rings (SSSR count). The Bertz CT molecular complexity index is 1240. The average Bonchev–Trinajstić information content (AvgIpc) is 3.28. The van der Waals surface area contributed by atoms with Gasteiger partial charge in [-0.2, -0.15) is 0 Å². The van der Waals surface area contributed by atoms with Crippen molar-refractivity contribution < 1.29 is 14.0 Å². The molecule has 1 N–H and O–H groups in total. The summed E-state index contributed by atoms with van der Waals surface area (Å²) in [7, 11) is 0. The summed E-state index contributed by atoms with van der Waals surface area (Å²) < 4.78 is 6.81. The van der Waals surface area contributed by atoms with Crippen molar-refractivity contribution in [2.75, 3.05) is 5.32 Å². The zero-order valence-corrected chi connectivity index (χ0v) is 18.0. The molecule has 5 heteroatoms. The molecule has 0 aliphatic heterocycles. The number of hydrogen-bond acceptors (Lipinski definition) is 3. The maximum absolute atomic E-state index is 12.6. The van der Waals surface area contributed by atoms with Crippen LogP contribution >= 0.6 is 15.9 Å². The number of nitrogens with one attached hydrogen (secondary N) is 1. The molecule has 4 aromatic rings. The monoisotopic (exact) mass is 471 g/mol. The van der Waals surface area contributed by atoms with Gasteiger partial charge in [-0.05, 0) is 60.7 Å². The number of amides is 1. The maximum atomic E-state index is 12.6. The lowest BCUT2D eigenvalue weighted by Crippen LogP contribution is -2.12. The van der Waals surface area contributed by atoms with Crippen LogP contribution in [0, 0.1) is 0 Å². The second-order valence-corrected chi connectivity index (χ2v) is 7.72. The number of ketones is 1. The Labute approximate surface area is 188 Å². The molecule has 0 aliphatic rings. The van der Waals surface area contributed by atoms with Crippen LogP contribution in [0.5, 0.6) is 0 Å². The molecule has 0 spiro atoms. The average molecular weight is 472 g/mol. The zero-order chi connectivity index (χ0) is 21.6. The van der Waals surface area contributed by atoms with Crippen LogP contribution in [0.4, 0.5) is 5.69 Å². The third-order valence-corrected chi connectivity index (χ3v) is 5.12. The molecule has 0 bridgehead atoms. The molecule has 0 atom stereocenters. The van der Waals surface area contributed by atoms with Crippen molar-refractivity contribution in [3.63, 3.8) is 0 Å². The molecule has 1 amide bonds. The first-order chi connectivity index (χ1) is 15.1. The topological polar surface area (TPSA) is 59.3 Å². The van der Waals surface area contributed by atoms with E-state index in [4.69, 9.17) is 4.42 Å². The number of rotatable bonds is 6. The largest absolute Gasteiger partial charge is 0.457 e. The van der Waals surface area contributed by atoms with E-state index in [1.807, 2.05) is 42.5 Å². The summed E-state index contributed by atoms with van der Waals surface area (Å²) in [5.41, 5.74) is 2.54. The van der Waals surface area contributed by atoms with E-state index >= 15 is 0 Å². The number of halogens is 1. The summed E-state index contributed by atoms with van der Waals surface area (Å²) >= 11 is 3.41. The molecule has 1 aromatic heterocycles. The van der Waals surface area contributed by atoms with Crippen LogP contribution in [0.15, 0.2) is 106 Å². The second-order valence-electron chi connectivity index (χ2n) is 6.81. The lowest BCUT2D eigenvalue weighted by Gasteiger charge is -2.06. The van der Waals surface area contributed by atoms with Crippen molar-refractivity contribution in [3.8, 4) is 11.3 Å². The van der Waals surface area contributed by atoms with Gasteiger partial charge in [-0.1, -0.05) is 58.4 Å². The lowest BCUT2D eigenvalue weighted by molar-refractivity contribution is 0.102. The van der Waals surface area contributed by atoms with Gasteiger partial charge in [0.1, 0.15) is 11.5 Å². The van der Waals surface area contributed by atoms with E-state index < -0.39 is 0 Å². The van der Waals surface area contributed by atoms with Crippen molar-refractivity contribution in [2.24, 2.45) is 0 Å². The maximum Gasteiger partial charge on any atom is 0.255 e. The summed E-state index contributed by atoms with van der Waals surface area (Å²) in [5.74, 6) is 0.902. The number of anilines is 1. The number of allylic oxidation sites excluding steroid dienone is 1. The number of hydrogen-bond donors (Lipinski definition) is 1. The predicted octanol–water partition coefficient (Wildman–Crippen LogP) is 6.86. The highest BCUT2D eigenvalue weighted by Gasteiger charge is 2.08. The molecular weight excluding hydrogens is 454 g/mol. The minimum Gasteiger partial charge on any atom is -0.457 e. The summed E-state index contributed by atoms with van der Waals surface area (Å²) in [6.45, 7) is 0. The van der Waals surface area contributed by atoms with Crippen LogP contribution in [0.2, 0.25) is 0 Å². The number of benzene rings is 3. The first-order valence-corrected chi connectivity index (χ1v) is 10.4. The van der Waals surface area contributed by atoms with Gasteiger partial charge in [0, 0.05) is 26.9 Å². The van der Waals surface area contributed by atoms with Crippen molar-refractivity contribution in [2.45, 2.75) is 0 Å². The van der Waals surface area contributed by atoms with Crippen molar-refractivity contribution in [1.82, 2.24) is 0 Å². The van der Waals surface area contributed by atoms with E-state index in [-0.39, 0.29) is 11.7 Å². The van der Waals surface area contributed by atoms with Gasteiger partial charge < -0.3 is 9.73 Å². The Morgan fingerprint density at radius 3 is 2.32 bits per heavy atom. The Morgan fingerprint density at radius 2 is 1.55 bits per heavy atom. The second kappa shape index (κ2) is 9.41. The van der Waals surface area contributed by atoms with E-state index in [2.05, 4.69) is 21.2 Å². The zero-order valence-electron chi connectivity index (χ0n) is 16.4. The molecule has 0 aliphatic carbocycles. The molecule has 31 heavy (non-hydrogen) atoms. The molecular formula is C26H18BrNO3. The van der Waals surface area contributed by atoms with Crippen LogP contribution in [0.25, 0.3) is 17.4 Å². The smallest absolute Gasteiger partial charge is 0.255 e. The van der Waals surface area contributed by atoms with Gasteiger partial charge in [-0.25, -0.2) is 0 Å². The Morgan fingerprint density at radius 1 is 0.806 bits per heavy atom. The van der Waals surface area contributed by atoms with E-state index in [0.717, 1.165) is 15.8 Å². The van der Waals surface area contributed by atoms with Crippen LogP contribution in [-0.4, -0.2) is 11.7 Å². The number of carbonyl (C=O) groups excluding carboxylic acids is 2. The lowest BCUT2D eigenvalue weighted by atomic mass is 10.1. The molecule has 152 valence electrons. The van der Waals surface area contributed by atoms with Crippen LogP contribution in [0.3, 0.4) is 0 Å². The van der Waals surface area contributed by atoms with Gasteiger partial charge in [0.05, 0.1) is 0 Å². The molecule has 0 saturated heterocycles. The van der Waals surface area contributed by atoms with Gasteiger partial charge >= 0.3 is 0 Å². The van der Waals surface area contributed by atoms with E-state index in [9.17, 15) is 9.59 Å². The third-order valence-electron chi connectivity index (χ3n) is 4.60. The fourth-order valence-corrected chi connectivity index (χ4v) is 3.27. The summed E-state index contributed by atoms with van der Waals surface area (Å²) in [6.07, 6.45) is 3.10. The molecule has 3 aromatic carbocycles. The third kappa shape index (κ3) is 5.27. The van der Waals surface area contributed by atoms with Crippen LogP contribution in [0.1, 0.15) is 26.5 Å². The Balaban J connectivity index is 1.44. The van der Waals surface area contributed by atoms with Crippen molar-refractivity contribution in [3.05, 3.63) is 118 Å².